The number of halogens is 1. The van der Waals surface area contributed by atoms with Crippen molar-refractivity contribution in [1.82, 2.24) is 4.90 Å². The molecule has 0 radical (unpaired) electrons. The monoisotopic (exact) mass is 349 g/mol. The van der Waals surface area contributed by atoms with E-state index in [0.717, 1.165) is 19.4 Å². The first-order valence-electron chi connectivity index (χ1n) is 8.73. The molecule has 1 saturated carbocycles. The molecule has 1 saturated heterocycles. The maximum absolute atomic E-state index is 12.8. The normalized spacial score (nSPS) is 24.0. The van der Waals surface area contributed by atoms with E-state index in [1.807, 2.05) is 4.90 Å². The van der Waals surface area contributed by atoms with Crippen LogP contribution in [0.15, 0.2) is 18.2 Å². The summed E-state index contributed by atoms with van der Waals surface area (Å²) in [5.41, 5.74) is 6.10. The number of nitrogens with one attached hydrogen (secondary N) is 1. The van der Waals surface area contributed by atoms with Gasteiger partial charge in [-0.15, -0.1) is 0 Å². The van der Waals surface area contributed by atoms with Gasteiger partial charge in [-0.05, 0) is 49.8 Å². The maximum atomic E-state index is 12.8. The number of urea groups is 1. The lowest BCUT2D eigenvalue weighted by atomic mass is 9.82. The molecule has 2 aliphatic rings. The van der Waals surface area contributed by atoms with Crippen LogP contribution in [0.25, 0.3) is 0 Å². The summed E-state index contributed by atoms with van der Waals surface area (Å²) in [7, 11) is 0. The smallest absolute Gasteiger partial charge is 0.322 e. The number of amides is 3. The van der Waals surface area contributed by atoms with Crippen molar-refractivity contribution < 1.29 is 9.59 Å². The van der Waals surface area contributed by atoms with E-state index in [2.05, 4.69) is 5.32 Å². The molecule has 2 atom stereocenters. The lowest BCUT2D eigenvalue weighted by Gasteiger charge is -2.38. The van der Waals surface area contributed by atoms with E-state index in [1.54, 1.807) is 18.2 Å². The second kappa shape index (κ2) is 7.43. The van der Waals surface area contributed by atoms with Crippen LogP contribution in [0, 0.1) is 5.92 Å². The molecule has 5 nitrogen and oxygen atoms in total. The van der Waals surface area contributed by atoms with E-state index in [9.17, 15) is 9.59 Å². The second-order valence-electron chi connectivity index (χ2n) is 6.79. The third kappa shape index (κ3) is 3.66. The first-order valence-corrected chi connectivity index (χ1v) is 9.11. The summed E-state index contributed by atoms with van der Waals surface area (Å²) in [5.74, 6) is 0.0586. The summed E-state index contributed by atoms with van der Waals surface area (Å²) in [6.45, 7) is 0.806. The highest BCUT2D eigenvalue weighted by atomic mass is 35.5. The van der Waals surface area contributed by atoms with Gasteiger partial charge < -0.3 is 16.0 Å². The molecular formula is C18H24ClN3O2. The number of anilines is 1. The zero-order valence-corrected chi connectivity index (χ0v) is 14.5. The molecule has 3 N–H and O–H groups in total. The number of nitrogens with zero attached hydrogens (tertiary/aromatic N) is 1. The molecule has 130 valence electrons. The number of hydrogen-bond donors (Lipinski definition) is 2. The summed E-state index contributed by atoms with van der Waals surface area (Å²) < 4.78 is 0. The molecule has 2 fully saturated rings. The molecule has 1 aliphatic carbocycles. The van der Waals surface area contributed by atoms with Crippen molar-refractivity contribution in [1.29, 1.82) is 0 Å². The fraction of sp³-hybridized carbons (Fsp3) is 0.556. The van der Waals surface area contributed by atoms with E-state index >= 15 is 0 Å². The number of benzene rings is 1. The Hall–Kier alpha value is -1.75. The number of nitrogens with two attached hydrogens (primary N) is 1. The quantitative estimate of drug-likeness (QED) is 0.846. The average molecular weight is 350 g/mol. The van der Waals surface area contributed by atoms with Crippen LogP contribution in [-0.2, 0) is 0 Å². The van der Waals surface area contributed by atoms with Crippen LogP contribution in [-0.4, -0.2) is 29.4 Å². The van der Waals surface area contributed by atoms with Gasteiger partial charge in [-0.1, -0.05) is 30.9 Å². The van der Waals surface area contributed by atoms with Crippen molar-refractivity contribution in [2.75, 3.05) is 11.9 Å². The number of carbonyl (C=O) groups is 2. The Bertz CT molecular complexity index is 635. The summed E-state index contributed by atoms with van der Waals surface area (Å²) in [5, 5.41) is 3.19. The van der Waals surface area contributed by atoms with Crippen molar-refractivity contribution in [3.8, 4) is 0 Å². The Morgan fingerprint density at radius 3 is 2.54 bits per heavy atom. The number of hydrogen-bond acceptors (Lipinski definition) is 2. The standard InChI is InChI=1S/C18H24ClN3O2/c19-15-11-13(8-9-14(15)17(20)23)21-18(24)22-10-4-3-6-12-5-1-2-7-16(12)22/h8-9,11-12,16H,1-7,10H2,(H2,20,23)(H,21,24)/t12-,16+/m0/s1. The van der Waals surface area contributed by atoms with Gasteiger partial charge in [0.25, 0.3) is 0 Å². The van der Waals surface area contributed by atoms with Crippen LogP contribution in [0.5, 0.6) is 0 Å². The minimum atomic E-state index is -0.574. The summed E-state index contributed by atoms with van der Waals surface area (Å²) in [6.07, 6.45) is 8.29. The molecule has 0 unspecified atom stereocenters. The van der Waals surface area contributed by atoms with Gasteiger partial charge in [0, 0.05) is 18.3 Å². The van der Waals surface area contributed by atoms with Gasteiger partial charge in [-0.3, -0.25) is 4.79 Å². The molecule has 0 bridgehead atoms. The van der Waals surface area contributed by atoms with Gasteiger partial charge >= 0.3 is 6.03 Å². The third-order valence-electron chi connectivity index (χ3n) is 5.24. The van der Waals surface area contributed by atoms with Gasteiger partial charge in [-0.2, -0.15) is 0 Å². The molecule has 0 spiro atoms. The predicted octanol–water partition coefficient (Wildman–Crippen LogP) is 4.02. The highest BCUT2D eigenvalue weighted by Gasteiger charge is 2.34. The lowest BCUT2D eigenvalue weighted by Crippen LogP contribution is -2.47. The molecule has 3 rings (SSSR count). The van der Waals surface area contributed by atoms with Crippen LogP contribution in [0.1, 0.15) is 55.3 Å². The van der Waals surface area contributed by atoms with Gasteiger partial charge in [0.1, 0.15) is 0 Å². The van der Waals surface area contributed by atoms with Crippen molar-refractivity contribution in [3.05, 3.63) is 28.8 Å². The fourth-order valence-corrected chi connectivity index (χ4v) is 4.30. The lowest BCUT2D eigenvalue weighted by molar-refractivity contribution is 0.100. The van der Waals surface area contributed by atoms with Crippen LogP contribution in [0.2, 0.25) is 5.02 Å². The molecule has 3 amide bonds. The summed E-state index contributed by atoms with van der Waals surface area (Å²) >= 11 is 6.06. The van der Waals surface area contributed by atoms with Crippen molar-refractivity contribution in [2.24, 2.45) is 11.7 Å². The van der Waals surface area contributed by atoms with Crippen LogP contribution < -0.4 is 11.1 Å². The minimum absolute atomic E-state index is 0.0725. The van der Waals surface area contributed by atoms with E-state index in [4.69, 9.17) is 17.3 Å². The SMILES string of the molecule is NC(=O)c1ccc(NC(=O)N2CCCC[C@@H]3CCCC[C@H]32)cc1Cl. The highest BCUT2D eigenvalue weighted by molar-refractivity contribution is 6.34. The molecule has 6 heteroatoms. The van der Waals surface area contributed by atoms with Crippen molar-refractivity contribution >= 4 is 29.2 Å². The number of fused-ring (bicyclic) bond motifs is 1. The van der Waals surface area contributed by atoms with E-state index in [-0.39, 0.29) is 16.6 Å². The van der Waals surface area contributed by atoms with Crippen LogP contribution in [0.4, 0.5) is 10.5 Å². The molecule has 1 aromatic carbocycles. The third-order valence-corrected chi connectivity index (χ3v) is 5.55. The number of primary amides is 1. The van der Waals surface area contributed by atoms with Crippen LogP contribution >= 0.6 is 11.6 Å². The van der Waals surface area contributed by atoms with Crippen molar-refractivity contribution in [3.63, 3.8) is 0 Å². The molecular weight excluding hydrogens is 326 g/mol. The van der Waals surface area contributed by atoms with Gasteiger partial charge in [-0.25, -0.2) is 4.79 Å². The van der Waals surface area contributed by atoms with Crippen molar-refractivity contribution in [2.45, 2.75) is 51.0 Å². The van der Waals surface area contributed by atoms with Crippen LogP contribution in [0.3, 0.4) is 0 Å². The Morgan fingerprint density at radius 2 is 1.83 bits per heavy atom. The molecule has 1 aromatic rings. The van der Waals surface area contributed by atoms with E-state index < -0.39 is 5.91 Å². The Labute approximate surface area is 147 Å². The molecule has 1 aliphatic heterocycles. The van der Waals surface area contributed by atoms with E-state index in [1.165, 1.54) is 32.1 Å². The molecule has 1 heterocycles. The van der Waals surface area contributed by atoms with Gasteiger partial charge in [0.05, 0.1) is 10.6 Å². The Morgan fingerprint density at radius 1 is 1.12 bits per heavy atom. The number of carbonyl (C=O) groups excluding carboxylic acids is 2. The zero-order chi connectivity index (χ0) is 17.1. The topological polar surface area (TPSA) is 75.4 Å². The zero-order valence-electron chi connectivity index (χ0n) is 13.8. The molecule has 24 heavy (non-hydrogen) atoms. The first-order chi connectivity index (χ1) is 11.6. The average Bonchev–Trinajstić information content (AvgIpc) is 2.77. The fourth-order valence-electron chi connectivity index (χ4n) is 4.03. The van der Waals surface area contributed by atoms with Gasteiger partial charge in [0.15, 0.2) is 0 Å². The highest BCUT2D eigenvalue weighted by Crippen LogP contribution is 2.35. The predicted molar refractivity (Wildman–Crippen MR) is 95.3 cm³/mol. The largest absolute Gasteiger partial charge is 0.366 e. The molecule has 0 aromatic heterocycles. The Balaban J connectivity index is 1.73. The second-order valence-corrected chi connectivity index (χ2v) is 7.20. The van der Waals surface area contributed by atoms with E-state index in [0.29, 0.717) is 17.6 Å². The number of likely N-dealkylation sites (tertiary alicyclic amines) is 1. The van der Waals surface area contributed by atoms with Gasteiger partial charge in [0.2, 0.25) is 5.91 Å². The summed E-state index contributed by atoms with van der Waals surface area (Å²) in [6, 6.07) is 5.07. The minimum Gasteiger partial charge on any atom is -0.366 e. The first kappa shape index (κ1) is 17.1. The summed E-state index contributed by atoms with van der Waals surface area (Å²) in [4.78, 5) is 26.0. The number of rotatable bonds is 2. The maximum Gasteiger partial charge on any atom is 0.322 e. The Kier molecular flexibility index (Phi) is 5.29.